The van der Waals surface area contributed by atoms with Gasteiger partial charge in [0.1, 0.15) is 5.75 Å². The molecule has 0 heterocycles. The van der Waals surface area contributed by atoms with E-state index in [1.165, 1.54) is 5.56 Å². The minimum Gasteiger partial charge on any atom is -0.490 e. The summed E-state index contributed by atoms with van der Waals surface area (Å²) in [5.41, 5.74) is 5.72. The second kappa shape index (κ2) is 9.18. The number of hydrazone groups is 1. The maximum Gasteiger partial charge on any atom is 0.244 e. The van der Waals surface area contributed by atoms with Crippen LogP contribution in [0.25, 0.3) is 10.8 Å². The summed E-state index contributed by atoms with van der Waals surface area (Å²) in [6.07, 6.45) is 3.00. The Hall–Kier alpha value is -3.14. The fourth-order valence-electron chi connectivity index (χ4n) is 3.05. The van der Waals surface area contributed by atoms with Crippen LogP contribution in [0.5, 0.6) is 5.75 Å². The molecule has 4 heteroatoms. The molecule has 0 atom stereocenters. The van der Waals surface area contributed by atoms with Crippen LogP contribution in [-0.2, 0) is 17.6 Å². The van der Waals surface area contributed by atoms with Crippen LogP contribution in [0, 0.1) is 0 Å². The minimum absolute atomic E-state index is 0.0500. The number of nitrogens with zero attached hydrogens (tertiary/aromatic N) is 1. The predicted octanol–water partition coefficient (Wildman–Crippen LogP) is 4.88. The number of hydrogen-bond donors (Lipinski definition) is 1. The Bertz CT molecular complexity index is 976. The fraction of sp³-hybridized carbons (Fsp3) is 0.250. The molecule has 0 saturated heterocycles. The van der Waals surface area contributed by atoms with Crippen molar-refractivity contribution in [2.24, 2.45) is 5.10 Å². The van der Waals surface area contributed by atoms with Gasteiger partial charge in [-0.15, -0.1) is 0 Å². The Morgan fingerprint density at radius 1 is 1.04 bits per heavy atom. The van der Waals surface area contributed by atoms with Gasteiger partial charge in [0.25, 0.3) is 0 Å². The number of fused-ring (bicyclic) bond motifs is 1. The van der Waals surface area contributed by atoms with Crippen LogP contribution in [0.15, 0.2) is 65.8 Å². The van der Waals surface area contributed by atoms with Gasteiger partial charge in [-0.2, -0.15) is 5.10 Å². The molecule has 0 aliphatic carbocycles. The number of rotatable bonds is 7. The van der Waals surface area contributed by atoms with Gasteiger partial charge in [0.15, 0.2) is 0 Å². The van der Waals surface area contributed by atoms with Gasteiger partial charge in [0.05, 0.1) is 18.7 Å². The molecule has 1 N–H and O–H groups in total. The second-order valence-electron chi connectivity index (χ2n) is 7.01. The molecule has 0 unspecified atom stereocenters. The average Bonchev–Trinajstić information content (AvgIpc) is 2.69. The highest BCUT2D eigenvalue weighted by Gasteiger charge is 2.09. The molecule has 0 spiro atoms. The molecular weight excluding hydrogens is 348 g/mol. The third-order valence-electron chi connectivity index (χ3n) is 4.47. The number of nitrogens with one attached hydrogen (secondary N) is 1. The second-order valence-corrected chi connectivity index (χ2v) is 7.01. The van der Waals surface area contributed by atoms with E-state index in [2.05, 4.69) is 29.6 Å². The Balaban J connectivity index is 1.75. The standard InChI is InChI=1S/C24H26N2O2/c1-4-18-9-11-19(12-10-18)15-24(27)26-25-16-22-21-8-6-5-7-20(21)13-14-23(22)28-17(2)3/h5-14,16-17H,4,15H2,1-3H3,(H,26,27)/b25-16-. The molecule has 28 heavy (non-hydrogen) atoms. The molecule has 0 fully saturated rings. The smallest absolute Gasteiger partial charge is 0.244 e. The summed E-state index contributed by atoms with van der Waals surface area (Å²) >= 11 is 0. The molecule has 1 amide bonds. The van der Waals surface area contributed by atoms with Crippen molar-refractivity contribution in [1.29, 1.82) is 0 Å². The highest BCUT2D eigenvalue weighted by molar-refractivity contribution is 6.02. The van der Waals surface area contributed by atoms with Crippen molar-refractivity contribution in [3.63, 3.8) is 0 Å². The lowest BCUT2D eigenvalue weighted by atomic mass is 10.0. The van der Waals surface area contributed by atoms with Crippen molar-refractivity contribution in [2.45, 2.75) is 39.7 Å². The number of benzene rings is 3. The number of carbonyl (C=O) groups excluding carboxylic acids is 1. The average molecular weight is 374 g/mol. The van der Waals surface area contributed by atoms with Crippen molar-refractivity contribution in [3.05, 3.63) is 77.4 Å². The molecule has 0 aromatic heterocycles. The number of amides is 1. The third kappa shape index (κ3) is 4.97. The van der Waals surface area contributed by atoms with Gasteiger partial charge >= 0.3 is 0 Å². The fourth-order valence-corrected chi connectivity index (χ4v) is 3.05. The van der Waals surface area contributed by atoms with Gasteiger partial charge in [-0.3, -0.25) is 4.79 Å². The van der Waals surface area contributed by atoms with E-state index in [0.717, 1.165) is 34.1 Å². The van der Waals surface area contributed by atoms with Crippen LogP contribution in [0.3, 0.4) is 0 Å². The molecule has 4 nitrogen and oxygen atoms in total. The van der Waals surface area contributed by atoms with Crippen molar-refractivity contribution in [3.8, 4) is 5.75 Å². The normalized spacial score (nSPS) is 11.3. The van der Waals surface area contributed by atoms with Crippen LogP contribution >= 0.6 is 0 Å². The third-order valence-corrected chi connectivity index (χ3v) is 4.47. The van der Waals surface area contributed by atoms with E-state index in [-0.39, 0.29) is 12.0 Å². The lowest BCUT2D eigenvalue weighted by Crippen LogP contribution is -2.20. The van der Waals surface area contributed by atoms with Crippen LogP contribution in [0.1, 0.15) is 37.5 Å². The van der Waals surface area contributed by atoms with Crippen LogP contribution in [0.2, 0.25) is 0 Å². The number of hydrogen-bond acceptors (Lipinski definition) is 3. The number of ether oxygens (including phenoxy) is 1. The van der Waals surface area contributed by atoms with E-state index in [9.17, 15) is 4.79 Å². The molecule has 0 aliphatic heterocycles. The molecular formula is C24H26N2O2. The van der Waals surface area contributed by atoms with Gasteiger partial charge in [0, 0.05) is 5.56 Å². The van der Waals surface area contributed by atoms with Gasteiger partial charge < -0.3 is 4.74 Å². The molecule has 0 bridgehead atoms. The summed E-state index contributed by atoms with van der Waals surface area (Å²) in [5, 5.41) is 6.32. The van der Waals surface area contributed by atoms with Crippen molar-refractivity contribution in [1.82, 2.24) is 5.43 Å². The quantitative estimate of drug-likeness (QED) is 0.473. The molecule has 144 valence electrons. The van der Waals surface area contributed by atoms with E-state index in [1.54, 1.807) is 6.21 Å². The first kappa shape index (κ1) is 19.6. The van der Waals surface area contributed by atoms with Crippen LogP contribution < -0.4 is 10.2 Å². The number of carbonyl (C=O) groups is 1. The molecule has 3 aromatic carbocycles. The first-order valence-corrected chi connectivity index (χ1v) is 9.65. The molecule has 3 aromatic rings. The maximum atomic E-state index is 12.2. The lowest BCUT2D eigenvalue weighted by molar-refractivity contribution is -0.120. The van der Waals surface area contributed by atoms with Crippen molar-refractivity contribution < 1.29 is 9.53 Å². The van der Waals surface area contributed by atoms with Gasteiger partial charge in [-0.05, 0) is 48.2 Å². The van der Waals surface area contributed by atoms with E-state index >= 15 is 0 Å². The Morgan fingerprint density at radius 2 is 1.75 bits per heavy atom. The van der Waals surface area contributed by atoms with Crippen molar-refractivity contribution >= 4 is 22.9 Å². The Kier molecular flexibility index (Phi) is 6.43. The summed E-state index contributed by atoms with van der Waals surface area (Å²) in [4.78, 5) is 12.2. The SMILES string of the molecule is CCc1ccc(CC(=O)N/N=C\c2c(OC(C)C)ccc3ccccc23)cc1. The summed E-state index contributed by atoms with van der Waals surface area (Å²) in [6.45, 7) is 6.09. The van der Waals surface area contributed by atoms with E-state index in [4.69, 9.17) is 4.74 Å². The predicted molar refractivity (Wildman–Crippen MR) is 115 cm³/mol. The van der Waals surface area contributed by atoms with E-state index in [0.29, 0.717) is 6.42 Å². The largest absolute Gasteiger partial charge is 0.490 e. The first-order valence-electron chi connectivity index (χ1n) is 9.65. The molecule has 3 rings (SSSR count). The zero-order valence-corrected chi connectivity index (χ0v) is 16.6. The Morgan fingerprint density at radius 3 is 2.46 bits per heavy atom. The molecule has 0 aliphatic rings. The van der Waals surface area contributed by atoms with Crippen LogP contribution in [-0.4, -0.2) is 18.2 Å². The topological polar surface area (TPSA) is 50.7 Å². The van der Waals surface area contributed by atoms with Gasteiger partial charge in [-0.25, -0.2) is 5.43 Å². The monoisotopic (exact) mass is 374 g/mol. The zero-order chi connectivity index (χ0) is 19.9. The Labute approximate surface area is 166 Å². The van der Waals surface area contributed by atoms with Crippen LogP contribution in [0.4, 0.5) is 0 Å². The van der Waals surface area contributed by atoms with Crippen molar-refractivity contribution in [2.75, 3.05) is 0 Å². The summed E-state index contributed by atoms with van der Waals surface area (Å²) < 4.78 is 5.92. The summed E-state index contributed by atoms with van der Waals surface area (Å²) in [7, 11) is 0. The summed E-state index contributed by atoms with van der Waals surface area (Å²) in [5.74, 6) is 0.605. The summed E-state index contributed by atoms with van der Waals surface area (Å²) in [6, 6.07) is 20.1. The highest BCUT2D eigenvalue weighted by atomic mass is 16.5. The number of aryl methyl sites for hydroxylation is 1. The van der Waals surface area contributed by atoms with Gasteiger partial charge in [-0.1, -0.05) is 61.5 Å². The zero-order valence-electron chi connectivity index (χ0n) is 16.6. The highest BCUT2D eigenvalue weighted by Crippen LogP contribution is 2.27. The van der Waals surface area contributed by atoms with E-state index < -0.39 is 0 Å². The molecule has 0 radical (unpaired) electrons. The maximum absolute atomic E-state index is 12.2. The molecule has 0 saturated carbocycles. The lowest BCUT2D eigenvalue weighted by Gasteiger charge is -2.14. The minimum atomic E-state index is -0.146. The van der Waals surface area contributed by atoms with E-state index in [1.807, 2.05) is 62.4 Å². The van der Waals surface area contributed by atoms with Gasteiger partial charge in [0.2, 0.25) is 5.91 Å². The first-order chi connectivity index (χ1) is 13.6.